The summed E-state index contributed by atoms with van der Waals surface area (Å²) < 4.78 is 21.0. The molecule has 17 heavy (non-hydrogen) atoms. The Balaban J connectivity index is 3.72. The molecule has 0 radical (unpaired) electrons. The lowest BCUT2D eigenvalue weighted by Crippen LogP contribution is -2.49. The molecule has 0 aromatic carbocycles. The third kappa shape index (κ3) is 6.74. The summed E-state index contributed by atoms with van der Waals surface area (Å²) >= 11 is 0. The van der Waals surface area contributed by atoms with E-state index in [-0.39, 0.29) is 5.97 Å². The van der Waals surface area contributed by atoms with Crippen LogP contribution in [0.1, 0.15) is 13.3 Å². The van der Waals surface area contributed by atoms with Gasteiger partial charge in [-0.1, -0.05) is 12.1 Å². The van der Waals surface area contributed by atoms with Crippen molar-refractivity contribution in [3.63, 3.8) is 0 Å². The van der Waals surface area contributed by atoms with Gasteiger partial charge in [0.1, 0.15) is 9.04 Å². The predicted octanol–water partition coefficient (Wildman–Crippen LogP) is 0.458. The second-order valence-electron chi connectivity index (χ2n) is 3.42. The number of esters is 1. The molecule has 0 amide bonds. The highest BCUT2D eigenvalue weighted by Gasteiger charge is 2.36. The largest absolute Gasteiger partial charge is 0.463 e. The number of rotatable bonds is 9. The summed E-state index contributed by atoms with van der Waals surface area (Å²) in [5, 5.41) is 0. The van der Waals surface area contributed by atoms with Gasteiger partial charge < -0.3 is 18.0 Å². The standard InChI is InChI=1S/C10H22O5Si2/c1-5-7-10(11)15-8-6-9-16-17(12-2,13-3)14-4/h5,7H,6,8-9,16H2,1-4H3. The molecule has 7 heteroatoms. The number of allylic oxidation sites excluding steroid dienone is 1. The van der Waals surface area contributed by atoms with Crippen LogP contribution in [0.4, 0.5) is 0 Å². The summed E-state index contributed by atoms with van der Waals surface area (Å²) in [6, 6.07) is 0.977. The van der Waals surface area contributed by atoms with Crippen LogP contribution in [-0.2, 0) is 22.8 Å². The Morgan fingerprint density at radius 3 is 2.29 bits per heavy atom. The molecule has 0 aromatic rings. The van der Waals surface area contributed by atoms with E-state index in [4.69, 9.17) is 18.0 Å². The topological polar surface area (TPSA) is 54.0 Å². The maximum atomic E-state index is 11.0. The average Bonchev–Trinajstić information content (AvgIpc) is 2.35. The molecule has 0 saturated heterocycles. The molecule has 0 aliphatic rings. The first-order chi connectivity index (χ1) is 8.14. The van der Waals surface area contributed by atoms with Crippen LogP contribution in [0.3, 0.4) is 0 Å². The lowest BCUT2D eigenvalue weighted by Gasteiger charge is -2.24. The molecule has 0 aromatic heterocycles. The summed E-state index contributed by atoms with van der Waals surface area (Å²) in [5.74, 6) is -0.289. The summed E-state index contributed by atoms with van der Waals surface area (Å²) in [4.78, 5) is 11.0. The zero-order chi connectivity index (χ0) is 13.1. The highest BCUT2D eigenvalue weighted by Crippen LogP contribution is 2.07. The Morgan fingerprint density at radius 2 is 1.82 bits per heavy atom. The van der Waals surface area contributed by atoms with E-state index in [0.29, 0.717) is 6.61 Å². The second-order valence-corrected chi connectivity index (χ2v) is 11.3. The van der Waals surface area contributed by atoms with Gasteiger partial charge in [-0.3, -0.25) is 0 Å². The molecule has 0 bridgehead atoms. The van der Waals surface area contributed by atoms with Gasteiger partial charge in [0.2, 0.25) is 0 Å². The van der Waals surface area contributed by atoms with Crippen LogP contribution < -0.4 is 0 Å². The first-order valence-electron chi connectivity index (χ1n) is 5.59. The van der Waals surface area contributed by atoms with Gasteiger partial charge in [0, 0.05) is 27.4 Å². The van der Waals surface area contributed by atoms with Crippen LogP contribution in [0.25, 0.3) is 0 Å². The van der Waals surface area contributed by atoms with Crippen molar-refractivity contribution in [3.05, 3.63) is 12.2 Å². The third-order valence-electron chi connectivity index (χ3n) is 2.36. The van der Waals surface area contributed by atoms with E-state index >= 15 is 0 Å². The Bertz CT molecular complexity index is 233. The van der Waals surface area contributed by atoms with E-state index in [1.54, 1.807) is 34.3 Å². The third-order valence-corrected chi connectivity index (χ3v) is 11.2. The Hall–Kier alpha value is -0.476. The minimum Gasteiger partial charge on any atom is -0.463 e. The van der Waals surface area contributed by atoms with Crippen molar-refractivity contribution in [1.29, 1.82) is 0 Å². The quantitative estimate of drug-likeness (QED) is 0.265. The van der Waals surface area contributed by atoms with Crippen LogP contribution >= 0.6 is 0 Å². The molecule has 0 N–H and O–H groups in total. The maximum absolute atomic E-state index is 11.0. The van der Waals surface area contributed by atoms with Gasteiger partial charge in [0.05, 0.1) is 6.61 Å². The van der Waals surface area contributed by atoms with Crippen molar-refractivity contribution in [2.45, 2.75) is 19.4 Å². The molecule has 0 rings (SSSR count). The zero-order valence-electron chi connectivity index (χ0n) is 11.0. The van der Waals surface area contributed by atoms with E-state index in [9.17, 15) is 4.79 Å². The van der Waals surface area contributed by atoms with Crippen molar-refractivity contribution in [1.82, 2.24) is 0 Å². The van der Waals surface area contributed by atoms with Gasteiger partial charge >= 0.3 is 14.3 Å². The Labute approximate surface area is 106 Å². The normalized spacial score (nSPS) is 12.7. The Kier molecular flexibility index (Phi) is 9.28. The van der Waals surface area contributed by atoms with Crippen LogP contribution in [0.2, 0.25) is 6.04 Å². The van der Waals surface area contributed by atoms with Gasteiger partial charge in [0.25, 0.3) is 0 Å². The fourth-order valence-corrected chi connectivity index (χ4v) is 7.24. The number of carbonyl (C=O) groups is 1. The predicted molar refractivity (Wildman–Crippen MR) is 70.5 cm³/mol. The molecular weight excluding hydrogens is 256 g/mol. The average molecular weight is 278 g/mol. The molecule has 0 fully saturated rings. The lowest BCUT2D eigenvalue weighted by atomic mass is 10.5. The minimum absolute atomic E-state index is 0.289. The van der Waals surface area contributed by atoms with E-state index < -0.39 is 17.4 Å². The van der Waals surface area contributed by atoms with Crippen LogP contribution in [0, 0.1) is 0 Å². The maximum Gasteiger partial charge on any atom is 0.461 e. The molecular formula is C10H22O5Si2. The molecule has 0 spiro atoms. The molecule has 0 aliphatic carbocycles. The molecule has 0 unspecified atom stereocenters. The van der Waals surface area contributed by atoms with Gasteiger partial charge in [-0.2, -0.15) is 0 Å². The van der Waals surface area contributed by atoms with Crippen LogP contribution in [0.5, 0.6) is 0 Å². The molecule has 0 atom stereocenters. The lowest BCUT2D eigenvalue weighted by molar-refractivity contribution is -0.137. The molecule has 100 valence electrons. The van der Waals surface area contributed by atoms with Gasteiger partial charge in [-0.15, -0.1) is 0 Å². The summed E-state index contributed by atoms with van der Waals surface area (Å²) in [6.07, 6.45) is 3.91. The number of carbonyl (C=O) groups excluding carboxylic acids is 1. The number of ether oxygens (including phenoxy) is 1. The van der Waals surface area contributed by atoms with Crippen molar-refractivity contribution >= 4 is 23.3 Å². The minimum atomic E-state index is -2.33. The second kappa shape index (κ2) is 9.54. The van der Waals surface area contributed by atoms with Gasteiger partial charge in [0.15, 0.2) is 0 Å². The summed E-state index contributed by atoms with van der Waals surface area (Å²) in [5.41, 5.74) is 0. The van der Waals surface area contributed by atoms with Crippen molar-refractivity contribution < 1.29 is 22.8 Å². The first-order valence-corrected chi connectivity index (χ1v) is 10.6. The van der Waals surface area contributed by atoms with E-state index in [0.717, 1.165) is 12.5 Å². The van der Waals surface area contributed by atoms with E-state index in [1.165, 1.54) is 6.08 Å². The SMILES string of the molecule is CC=CC(=O)OCCC[SiH2][Si](OC)(OC)OC. The van der Waals surface area contributed by atoms with Crippen molar-refractivity contribution in [2.75, 3.05) is 27.9 Å². The van der Waals surface area contributed by atoms with Crippen molar-refractivity contribution in [3.8, 4) is 0 Å². The van der Waals surface area contributed by atoms with E-state index in [2.05, 4.69) is 0 Å². The zero-order valence-corrected chi connectivity index (χ0v) is 13.4. The van der Waals surface area contributed by atoms with Gasteiger partial charge in [-0.05, 0) is 13.3 Å². The molecule has 0 aliphatic heterocycles. The summed E-state index contributed by atoms with van der Waals surface area (Å²) in [6.45, 7) is 2.22. The summed E-state index contributed by atoms with van der Waals surface area (Å²) in [7, 11) is 1.97. The molecule has 0 saturated carbocycles. The van der Waals surface area contributed by atoms with Gasteiger partial charge in [-0.25, -0.2) is 4.79 Å². The number of hydrogen-bond donors (Lipinski definition) is 0. The van der Waals surface area contributed by atoms with E-state index in [1.807, 2.05) is 0 Å². The fourth-order valence-electron chi connectivity index (χ4n) is 1.36. The van der Waals surface area contributed by atoms with Crippen LogP contribution in [0.15, 0.2) is 12.2 Å². The highest BCUT2D eigenvalue weighted by atomic mass is 29.2. The highest BCUT2D eigenvalue weighted by molar-refractivity contribution is 7.14. The Morgan fingerprint density at radius 1 is 1.24 bits per heavy atom. The van der Waals surface area contributed by atoms with Crippen LogP contribution in [-0.4, -0.2) is 51.3 Å². The fraction of sp³-hybridized carbons (Fsp3) is 0.700. The number of hydrogen-bond acceptors (Lipinski definition) is 5. The molecule has 0 heterocycles. The monoisotopic (exact) mass is 278 g/mol. The smallest absolute Gasteiger partial charge is 0.461 e. The van der Waals surface area contributed by atoms with Crippen molar-refractivity contribution in [2.24, 2.45) is 0 Å². The molecule has 5 nitrogen and oxygen atoms in total. The first kappa shape index (κ1) is 16.5.